The second-order valence-electron chi connectivity index (χ2n) is 6.55. The quantitative estimate of drug-likeness (QED) is 0.330. The largest absolute Gasteiger partial charge is 0.573 e. The Morgan fingerprint density at radius 3 is 2.16 bits per heavy atom. The third kappa shape index (κ3) is 5.22. The molecule has 0 aliphatic heterocycles. The first kappa shape index (κ1) is 22.3. The smallest absolute Gasteiger partial charge is 0.478 e. The van der Waals surface area contributed by atoms with Gasteiger partial charge in [-0.1, -0.05) is 18.2 Å². The van der Waals surface area contributed by atoms with Gasteiger partial charge in [-0.25, -0.2) is 4.79 Å². The van der Waals surface area contributed by atoms with Gasteiger partial charge in [-0.2, -0.15) is 0 Å². The van der Waals surface area contributed by atoms with E-state index in [-0.39, 0.29) is 28.1 Å². The lowest BCUT2D eigenvalue weighted by Crippen LogP contribution is -2.19. The van der Waals surface area contributed by atoms with E-state index >= 15 is 0 Å². The molecule has 5 N–H and O–H groups in total. The van der Waals surface area contributed by atoms with Crippen LogP contribution in [0.15, 0.2) is 66.7 Å². The van der Waals surface area contributed by atoms with Crippen molar-refractivity contribution in [3.8, 4) is 16.9 Å². The number of aromatic carboxylic acids is 1. The van der Waals surface area contributed by atoms with Crippen LogP contribution >= 0.6 is 0 Å². The number of nitrogens with one attached hydrogen (secondary N) is 2. The summed E-state index contributed by atoms with van der Waals surface area (Å²) < 4.78 is 42.0. The van der Waals surface area contributed by atoms with E-state index in [1.807, 2.05) is 0 Å². The number of alkyl halides is 3. The zero-order chi connectivity index (χ0) is 23.5. The minimum atomic E-state index is -4.98. The van der Waals surface area contributed by atoms with Gasteiger partial charge in [0.2, 0.25) is 0 Å². The second kappa shape index (κ2) is 8.80. The molecule has 3 aromatic rings. The van der Waals surface area contributed by atoms with Crippen molar-refractivity contribution in [1.29, 1.82) is 5.41 Å². The van der Waals surface area contributed by atoms with Gasteiger partial charge in [0.05, 0.1) is 11.1 Å². The number of amides is 1. The van der Waals surface area contributed by atoms with Crippen LogP contribution in [0.25, 0.3) is 11.1 Å². The number of carboxylic acids is 1. The molecule has 0 heterocycles. The van der Waals surface area contributed by atoms with E-state index in [0.717, 1.165) is 12.1 Å². The zero-order valence-electron chi connectivity index (χ0n) is 16.2. The van der Waals surface area contributed by atoms with Gasteiger partial charge in [0.15, 0.2) is 0 Å². The Bertz CT molecular complexity index is 1190. The summed E-state index contributed by atoms with van der Waals surface area (Å²) in [5.74, 6) is -2.86. The number of nitrogen functional groups attached to an aromatic ring is 1. The van der Waals surface area contributed by atoms with E-state index in [1.165, 1.54) is 48.5 Å². The summed E-state index contributed by atoms with van der Waals surface area (Å²) in [6.07, 6.45) is -4.98. The van der Waals surface area contributed by atoms with Crippen LogP contribution in [0.1, 0.15) is 26.3 Å². The molecule has 32 heavy (non-hydrogen) atoms. The van der Waals surface area contributed by atoms with Crippen molar-refractivity contribution >= 4 is 23.4 Å². The second-order valence-corrected chi connectivity index (χ2v) is 6.55. The molecule has 3 aromatic carbocycles. The third-order valence-electron chi connectivity index (χ3n) is 4.37. The number of carbonyl (C=O) groups excluding carboxylic acids is 1. The molecule has 0 fully saturated rings. The third-order valence-corrected chi connectivity index (χ3v) is 4.37. The van der Waals surface area contributed by atoms with Gasteiger partial charge >= 0.3 is 12.3 Å². The Labute approximate surface area is 179 Å². The van der Waals surface area contributed by atoms with Crippen LogP contribution < -0.4 is 15.8 Å². The first-order chi connectivity index (χ1) is 15.0. The van der Waals surface area contributed by atoms with Gasteiger partial charge in [0, 0.05) is 11.3 Å². The van der Waals surface area contributed by atoms with Crippen molar-refractivity contribution in [3.63, 3.8) is 0 Å². The maximum absolute atomic E-state index is 13.0. The molecule has 0 aliphatic rings. The lowest BCUT2D eigenvalue weighted by Gasteiger charge is -2.15. The Morgan fingerprint density at radius 2 is 1.56 bits per heavy atom. The maximum atomic E-state index is 13.0. The number of nitrogens with two attached hydrogens (primary N) is 1. The van der Waals surface area contributed by atoms with Gasteiger partial charge in [0.1, 0.15) is 11.6 Å². The van der Waals surface area contributed by atoms with Crippen LogP contribution in [0.4, 0.5) is 18.9 Å². The molecule has 7 nitrogen and oxygen atoms in total. The normalized spacial score (nSPS) is 11.0. The van der Waals surface area contributed by atoms with E-state index in [1.54, 1.807) is 6.07 Å². The number of halogens is 3. The number of carboxylic acid groups (broad SMARTS) is 1. The van der Waals surface area contributed by atoms with Crippen LogP contribution in [0, 0.1) is 5.41 Å². The number of rotatable bonds is 6. The molecule has 0 unspecified atom stereocenters. The summed E-state index contributed by atoms with van der Waals surface area (Å²) in [7, 11) is 0. The van der Waals surface area contributed by atoms with Gasteiger partial charge < -0.3 is 20.9 Å². The predicted octanol–water partition coefficient (Wildman–Crippen LogP) is 4.49. The number of amidine groups is 1. The summed E-state index contributed by atoms with van der Waals surface area (Å²) in [5.41, 5.74) is 6.00. The SMILES string of the molecule is N=C(N)c1ccc(NC(=O)c2cc(OC(F)(F)F)ccc2-c2ccccc2C(=O)O)cc1. The number of benzene rings is 3. The minimum absolute atomic E-state index is 0.107. The van der Waals surface area contributed by atoms with Crippen molar-refractivity contribution in [3.05, 3.63) is 83.4 Å². The van der Waals surface area contributed by atoms with Crippen LogP contribution in [-0.4, -0.2) is 29.2 Å². The van der Waals surface area contributed by atoms with Crippen LogP contribution in [-0.2, 0) is 0 Å². The molecule has 3 rings (SSSR count). The molecule has 0 bridgehead atoms. The molecule has 0 aromatic heterocycles. The van der Waals surface area contributed by atoms with Crippen molar-refractivity contribution in [2.45, 2.75) is 6.36 Å². The summed E-state index contributed by atoms with van der Waals surface area (Å²) in [4.78, 5) is 24.6. The number of hydrogen-bond acceptors (Lipinski definition) is 4. The molecular formula is C22H16F3N3O4. The molecule has 1 amide bonds. The van der Waals surface area contributed by atoms with Crippen LogP contribution in [0.3, 0.4) is 0 Å². The average Bonchev–Trinajstić information content (AvgIpc) is 2.73. The van der Waals surface area contributed by atoms with E-state index in [4.69, 9.17) is 11.1 Å². The Hall–Kier alpha value is -4.34. The van der Waals surface area contributed by atoms with Crippen molar-refractivity contribution in [1.82, 2.24) is 0 Å². The molecule has 0 spiro atoms. The van der Waals surface area contributed by atoms with E-state index in [0.29, 0.717) is 11.3 Å². The average molecular weight is 443 g/mol. The fourth-order valence-electron chi connectivity index (χ4n) is 2.98. The fourth-order valence-corrected chi connectivity index (χ4v) is 2.98. The number of anilines is 1. The molecule has 0 atom stereocenters. The monoisotopic (exact) mass is 443 g/mol. The fraction of sp³-hybridized carbons (Fsp3) is 0.0455. The van der Waals surface area contributed by atoms with Crippen LogP contribution in [0.5, 0.6) is 5.75 Å². The van der Waals surface area contributed by atoms with E-state index < -0.39 is 24.0 Å². The van der Waals surface area contributed by atoms with Crippen molar-refractivity contribution in [2.75, 3.05) is 5.32 Å². The lowest BCUT2D eigenvalue weighted by molar-refractivity contribution is -0.274. The predicted molar refractivity (Wildman–Crippen MR) is 111 cm³/mol. The van der Waals surface area contributed by atoms with Gasteiger partial charge in [-0.05, 0) is 59.7 Å². The van der Waals surface area contributed by atoms with Gasteiger partial charge in [0.25, 0.3) is 5.91 Å². The molecule has 10 heteroatoms. The highest BCUT2D eigenvalue weighted by molar-refractivity contribution is 6.10. The van der Waals surface area contributed by atoms with Crippen LogP contribution in [0.2, 0.25) is 0 Å². The van der Waals surface area contributed by atoms with Crippen molar-refractivity contribution in [2.24, 2.45) is 5.73 Å². The molecule has 0 aliphatic carbocycles. The summed E-state index contributed by atoms with van der Waals surface area (Å²) in [6, 6.07) is 14.8. The topological polar surface area (TPSA) is 126 Å². The highest BCUT2D eigenvalue weighted by atomic mass is 19.4. The highest BCUT2D eigenvalue weighted by Gasteiger charge is 2.32. The van der Waals surface area contributed by atoms with Crippen molar-refractivity contribution < 1.29 is 32.6 Å². The highest BCUT2D eigenvalue weighted by Crippen LogP contribution is 2.33. The Balaban J connectivity index is 2.06. The maximum Gasteiger partial charge on any atom is 0.573 e. The lowest BCUT2D eigenvalue weighted by atomic mass is 9.94. The van der Waals surface area contributed by atoms with E-state index in [2.05, 4.69) is 10.1 Å². The number of ether oxygens (including phenoxy) is 1. The molecule has 0 saturated carbocycles. The molecule has 0 saturated heterocycles. The van der Waals surface area contributed by atoms with Gasteiger partial charge in [-0.3, -0.25) is 10.2 Å². The first-order valence-electron chi connectivity index (χ1n) is 9.03. The first-order valence-corrected chi connectivity index (χ1v) is 9.03. The zero-order valence-corrected chi connectivity index (χ0v) is 16.2. The molecule has 164 valence electrons. The molecular weight excluding hydrogens is 427 g/mol. The van der Waals surface area contributed by atoms with E-state index in [9.17, 15) is 27.9 Å². The number of carbonyl (C=O) groups is 2. The summed E-state index contributed by atoms with van der Waals surface area (Å²) >= 11 is 0. The Kier molecular flexibility index (Phi) is 6.15. The minimum Gasteiger partial charge on any atom is -0.478 e. The molecule has 0 radical (unpaired) electrons. The standard InChI is InChI=1S/C22H16F3N3O4/c23-22(24,25)32-14-9-10-16(15-3-1-2-4-17(15)21(30)31)18(11-14)20(29)28-13-7-5-12(6-8-13)19(26)27/h1-11H,(H3,26,27)(H,28,29)(H,30,31). The summed E-state index contributed by atoms with van der Waals surface area (Å²) in [6.45, 7) is 0. The number of hydrogen-bond donors (Lipinski definition) is 4. The van der Waals surface area contributed by atoms with Gasteiger partial charge in [-0.15, -0.1) is 13.2 Å². The summed E-state index contributed by atoms with van der Waals surface area (Å²) in [5, 5.41) is 19.4. The Morgan fingerprint density at radius 1 is 0.938 bits per heavy atom.